The molecular weight excluding hydrogens is 340 g/mol. The van der Waals surface area contributed by atoms with Gasteiger partial charge in [0.15, 0.2) is 0 Å². The summed E-state index contributed by atoms with van der Waals surface area (Å²) in [5.74, 6) is -0.184. The van der Waals surface area contributed by atoms with E-state index in [-0.39, 0.29) is 11.6 Å². The number of halogens is 2. The molecule has 0 aromatic rings. The quantitative estimate of drug-likeness (QED) is 0.551. The first-order valence-electron chi connectivity index (χ1n) is 5.00. The van der Waals surface area contributed by atoms with Crippen molar-refractivity contribution in [1.29, 1.82) is 0 Å². The van der Waals surface area contributed by atoms with Crippen LogP contribution in [0.4, 0.5) is 0 Å². The fourth-order valence-corrected chi connectivity index (χ4v) is 2.97. The van der Waals surface area contributed by atoms with E-state index in [0.717, 1.165) is 26.2 Å². The summed E-state index contributed by atoms with van der Waals surface area (Å²) in [5, 5.41) is 0. The topological polar surface area (TPSA) is 40.2 Å². The van der Waals surface area contributed by atoms with E-state index in [9.17, 15) is 9.59 Å². The largest absolute Gasteiger partial charge is 0.364 e. The van der Waals surface area contributed by atoms with Crippen LogP contribution in [-0.4, -0.2) is 47.5 Å². The van der Waals surface area contributed by atoms with Gasteiger partial charge in [-0.15, -0.1) is 0 Å². The van der Waals surface area contributed by atoms with Crippen LogP contribution in [0.5, 0.6) is 0 Å². The van der Waals surface area contributed by atoms with Crippen molar-refractivity contribution in [3.05, 3.63) is 20.4 Å². The molecule has 0 aromatic heterocycles. The van der Waals surface area contributed by atoms with Crippen LogP contribution in [0.2, 0.25) is 0 Å². The van der Waals surface area contributed by atoms with Crippen molar-refractivity contribution in [2.24, 2.45) is 0 Å². The van der Waals surface area contributed by atoms with Gasteiger partial charge in [-0.3, -0.25) is 9.59 Å². The standard InChI is InChI=1S/C10H8Br2N2O2/c11-5-7(13-1-2-13)9(15)6(12)8(10(5)16)14-3-4-14/h1-4H2. The molecule has 2 fully saturated rings. The van der Waals surface area contributed by atoms with Crippen molar-refractivity contribution in [1.82, 2.24) is 9.80 Å². The van der Waals surface area contributed by atoms with Crippen LogP contribution >= 0.6 is 31.9 Å². The van der Waals surface area contributed by atoms with Crippen LogP contribution in [0.15, 0.2) is 20.4 Å². The van der Waals surface area contributed by atoms with Crippen molar-refractivity contribution < 1.29 is 9.59 Å². The zero-order valence-corrected chi connectivity index (χ0v) is 11.5. The fourth-order valence-electron chi connectivity index (χ4n) is 1.73. The molecular formula is C10H8Br2N2O2. The summed E-state index contributed by atoms with van der Waals surface area (Å²) in [6, 6.07) is 0. The molecule has 2 aliphatic heterocycles. The van der Waals surface area contributed by atoms with Crippen molar-refractivity contribution in [2.75, 3.05) is 26.2 Å². The Hall–Kier alpha value is -0.620. The number of hydrogen-bond acceptors (Lipinski definition) is 4. The maximum Gasteiger partial charge on any atom is 0.219 e. The summed E-state index contributed by atoms with van der Waals surface area (Å²) >= 11 is 6.50. The maximum absolute atomic E-state index is 12.1. The molecule has 0 spiro atoms. The highest BCUT2D eigenvalue weighted by Crippen LogP contribution is 2.38. The number of hydrogen-bond donors (Lipinski definition) is 0. The molecule has 0 aromatic carbocycles. The van der Waals surface area contributed by atoms with E-state index < -0.39 is 0 Å². The van der Waals surface area contributed by atoms with Gasteiger partial charge in [0.25, 0.3) is 0 Å². The Morgan fingerprint density at radius 3 is 1.31 bits per heavy atom. The average molecular weight is 348 g/mol. The summed E-state index contributed by atoms with van der Waals surface area (Å²) in [5.41, 5.74) is 1.00. The van der Waals surface area contributed by atoms with Crippen LogP contribution in [-0.2, 0) is 9.59 Å². The molecule has 1 aliphatic carbocycles. The second-order valence-corrected chi connectivity index (χ2v) is 5.54. The summed E-state index contributed by atoms with van der Waals surface area (Å²) in [6.45, 7) is 3.40. The number of carbonyl (C=O) groups is 2. The molecule has 6 heteroatoms. The highest BCUT2D eigenvalue weighted by atomic mass is 79.9. The summed E-state index contributed by atoms with van der Waals surface area (Å²) in [4.78, 5) is 28.0. The molecule has 2 heterocycles. The van der Waals surface area contributed by atoms with Crippen LogP contribution in [0.1, 0.15) is 0 Å². The number of allylic oxidation sites excluding steroid dienone is 2. The lowest BCUT2D eigenvalue weighted by Crippen LogP contribution is -2.26. The molecule has 16 heavy (non-hydrogen) atoms. The first kappa shape index (κ1) is 10.5. The Kier molecular flexibility index (Phi) is 2.26. The van der Waals surface area contributed by atoms with Gasteiger partial charge >= 0.3 is 0 Å². The average Bonchev–Trinajstić information content (AvgIpc) is 3.07. The zero-order chi connectivity index (χ0) is 11.4. The van der Waals surface area contributed by atoms with Crippen molar-refractivity contribution >= 4 is 43.4 Å². The lowest BCUT2D eigenvalue weighted by Gasteiger charge is -2.19. The van der Waals surface area contributed by atoms with Crippen molar-refractivity contribution in [3.63, 3.8) is 0 Å². The minimum absolute atomic E-state index is 0.0918. The van der Waals surface area contributed by atoms with Gasteiger partial charge in [-0.25, -0.2) is 0 Å². The molecule has 0 saturated carbocycles. The molecule has 0 N–H and O–H groups in total. The number of carbonyl (C=O) groups excluding carboxylic acids is 2. The van der Waals surface area contributed by atoms with Gasteiger partial charge in [-0.05, 0) is 31.9 Å². The minimum Gasteiger partial charge on any atom is -0.364 e. The van der Waals surface area contributed by atoms with E-state index in [2.05, 4.69) is 31.9 Å². The zero-order valence-electron chi connectivity index (χ0n) is 8.30. The highest BCUT2D eigenvalue weighted by molar-refractivity contribution is 9.12. The van der Waals surface area contributed by atoms with E-state index in [0.29, 0.717) is 20.4 Å². The molecule has 2 saturated heterocycles. The van der Waals surface area contributed by atoms with E-state index in [4.69, 9.17) is 0 Å². The summed E-state index contributed by atoms with van der Waals surface area (Å²) < 4.78 is 0.806. The van der Waals surface area contributed by atoms with Gasteiger partial charge in [0, 0.05) is 26.2 Å². The molecule has 84 valence electrons. The molecule has 0 amide bonds. The highest BCUT2D eigenvalue weighted by Gasteiger charge is 2.42. The van der Waals surface area contributed by atoms with Gasteiger partial charge in [0.1, 0.15) is 11.4 Å². The second kappa shape index (κ2) is 3.43. The Bertz CT molecular complexity index is 429. The maximum atomic E-state index is 12.1. The van der Waals surface area contributed by atoms with E-state index in [1.807, 2.05) is 9.80 Å². The predicted molar refractivity (Wildman–Crippen MR) is 65.1 cm³/mol. The third-order valence-electron chi connectivity index (χ3n) is 2.77. The fraction of sp³-hybridized carbons (Fsp3) is 0.400. The smallest absolute Gasteiger partial charge is 0.219 e. The van der Waals surface area contributed by atoms with Crippen molar-refractivity contribution in [3.8, 4) is 0 Å². The molecule has 3 rings (SSSR count). The van der Waals surface area contributed by atoms with Crippen LogP contribution in [0.3, 0.4) is 0 Å². The number of ketones is 2. The Labute approximate surface area is 109 Å². The van der Waals surface area contributed by atoms with Crippen LogP contribution in [0.25, 0.3) is 0 Å². The van der Waals surface area contributed by atoms with Crippen LogP contribution in [0, 0.1) is 0 Å². The summed E-state index contributed by atoms with van der Waals surface area (Å²) in [6.07, 6.45) is 0. The summed E-state index contributed by atoms with van der Waals surface area (Å²) in [7, 11) is 0. The first-order chi connectivity index (χ1) is 7.61. The molecule has 0 atom stereocenters. The van der Waals surface area contributed by atoms with Gasteiger partial charge in [-0.1, -0.05) is 0 Å². The lowest BCUT2D eigenvalue weighted by atomic mass is 10.1. The third kappa shape index (κ3) is 1.47. The van der Waals surface area contributed by atoms with Gasteiger partial charge in [0.05, 0.1) is 8.96 Å². The van der Waals surface area contributed by atoms with Crippen LogP contribution < -0.4 is 0 Å². The Balaban J connectivity index is 2.06. The Morgan fingerprint density at radius 2 is 1.06 bits per heavy atom. The molecule has 0 radical (unpaired) electrons. The van der Waals surface area contributed by atoms with Gasteiger partial charge in [0.2, 0.25) is 11.6 Å². The third-order valence-corrected chi connectivity index (χ3v) is 4.24. The first-order valence-corrected chi connectivity index (χ1v) is 6.58. The predicted octanol–water partition coefficient (Wildman–Crippen LogP) is 0.982. The molecule has 3 aliphatic rings. The molecule has 4 nitrogen and oxygen atoms in total. The van der Waals surface area contributed by atoms with E-state index in [1.54, 1.807) is 0 Å². The van der Waals surface area contributed by atoms with Gasteiger partial charge in [-0.2, -0.15) is 0 Å². The normalized spacial score (nSPS) is 24.6. The lowest BCUT2D eigenvalue weighted by molar-refractivity contribution is -0.116. The second-order valence-electron chi connectivity index (χ2n) is 3.96. The number of nitrogens with zero attached hydrogens (tertiary/aromatic N) is 2. The number of Topliss-reactive ketones (excluding diaryl/α,β-unsaturated/α-hetero) is 2. The van der Waals surface area contributed by atoms with E-state index in [1.165, 1.54) is 0 Å². The molecule has 0 unspecified atom stereocenters. The Morgan fingerprint density at radius 1 is 0.750 bits per heavy atom. The monoisotopic (exact) mass is 346 g/mol. The number of rotatable bonds is 2. The molecule has 0 bridgehead atoms. The SMILES string of the molecule is O=C1C(Br)=C(N2CC2)C(=O)C(Br)=C1N1CC1. The van der Waals surface area contributed by atoms with E-state index >= 15 is 0 Å². The van der Waals surface area contributed by atoms with Crippen molar-refractivity contribution in [2.45, 2.75) is 0 Å². The minimum atomic E-state index is -0.0918. The van der Waals surface area contributed by atoms with Gasteiger partial charge < -0.3 is 9.80 Å².